The fraction of sp³-hybridized carbons (Fsp3) is 0.278. The minimum Gasteiger partial charge on any atom is -0.493 e. The average Bonchev–Trinajstić information content (AvgIpc) is 0.844. The fourth-order valence-corrected chi connectivity index (χ4v) is 14.1. The highest BCUT2D eigenvalue weighted by Crippen LogP contribution is 2.36. The van der Waals surface area contributed by atoms with Gasteiger partial charge in [0.05, 0.1) is 107 Å². The highest BCUT2D eigenvalue weighted by molar-refractivity contribution is 6.37. The summed E-state index contributed by atoms with van der Waals surface area (Å²) in [4.78, 5) is 62.9. The van der Waals surface area contributed by atoms with Crippen molar-refractivity contribution < 1.29 is 52.0 Å². The number of benzene rings is 10. The number of rotatable bonds is 23. The molecule has 2 aliphatic carbocycles. The monoisotopic (exact) mass is 1770 g/mol. The molecule has 0 saturated heterocycles. The van der Waals surface area contributed by atoms with Gasteiger partial charge in [0.25, 0.3) is 29.5 Å². The molecule has 0 bridgehead atoms. The van der Waals surface area contributed by atoms with Gasteiger partial charge in [0.1, 0.15) is 42.0 Å². The first kappa shape index (κ1) is 92.9. The highest BCUT2D eigenvalue weighted by Gasteiger charge is 2.25. The number of nitrogens with one attached hydrogen (secondary N) is 5. The molecule has 12 rings (SSSR count). The lowest BCUT2D eigenvalue weighted by molar-refractivity contribution is 0.100. The molecule has 10 aromatic carbocycles. The van der Waals surface area contributed by atoms with E-state index in [1.807, 2.05) is 90.9 Å². The Morgan fingerprint density at radius 1 is 0.302 bits per heavy atom. The van der Waals surface area contributed by atoms with E-state index in [0.717, 1.165) is 66.3 Å². The van der Waals surface area contributed by atoms with Crippen LogP contribution in [0.1, 0.15) is 171 Å². The molecule has 0 heterocycles. The van der Waals surface area contributed by atoms with Gasteiger partial charge in [-0.3, -0.25) is 24.0 Å². The largest absolute Gasteiger partial charge is 0.493 e. The van der Waals surface area contributed by atoms with Crippen molar-refractivity contribution in [2.75, 3.05) is 53.1 Å². The van der Waals surface area contributed by atoms with Gasteiger partial charge in [-0.15, -0.1) is 0 Å². The maximum Gasteiger partial charge on any atom is 0.259 e. The number of carbonyl (C=O) groups is 5. The molecule has 0 unspecified atom stereocenters. The van der Waals surface area contributed by atoms with Crippen molar-refractivity contribution in [1.29, 1.82) is 0 Å². The number of hydrogen-bond acceptors (Lipinski definition) is 10. The number of hydrogen-bond donors (Lipinski definition) is 5. The smallest absolute Gasteiger partial charge is 0.259 e. The summed E-state index contributed by atoms with van der Waals surface area (Å²) in [5.41, 5.74) is 9.68. The SMILES string of the molecule is CCCOc1ccc(Cl)cc1C(=O)Nc1ccc(C)cc1Cl.CCCOc1ccc(Cl)cc1C(=O)Nc1ccc(C)cc1Cl.Cc1ccc(NC(=O)c2cc(Cl)ccc2OC2CCCCC2)c(Cl)c1.Cc1ccc(NC(=O)c2cc(Cl)ccc2OC2CCCCC2)c(Cl)c1.Cc1ccc(NC(=O)c2cc(Cl)ccc2OCCF)c(Cl)c1. The van der Waals surface area contributed by atoms with E-state index in [9.17, 15) is 28.4 Å². The number of anilines is 5. The molecule has 0 radical (unpaired) electrons. The van der Waals surface area contributed by atoms with Gasteiger partial charge in [-0.2, -0.15) is 0 Å². The molecule has 2 aliphatic rings. The zero-order valence-corrected chi connectivity index (χ0v) is 72.6. The van der Waals surface area contributed by atoms with Crippen LogP contribution in [0.15, 0.2) is 182 Å². The Balaban J connectivity index is 0.000000181. The predicted octanol–water partition coefficient (Wildman–Crippen LogP) is 28.1. The Bertz CT molecular complexity index is 4630. The molecular formula is C90H90Cl10FN5O10. The number of carbonyl (C=O) groups excluding carboxylic acids is 5. The van der Waals surface area contributed by atoms with Crippen LogP contribution in [0.2, 0.25) is 50.2 Å². The quantitative estimate of drug-likeness (QED) is 0.0412. The van der Waals surface area contributed by atoms with Gasteiger partial charge >= 0.3 is 0 Å². The summed E-state index contributed by atoms with van der Waals surface area (Å²) in [6.45, 7) is 14.0. The number of aryl methyl sites for hydroxylation is 5. The van der Waals surface area contributed by atoms with Gasteiger partial charge in [-0.05, 0) is 278 Å². The molecule has 5 N–H and O–H groups in total. The predicted molar refractivity (Wildman–Crippen MR) is 476 cm³/mol. The standard InChI is InChI=1S/2C20H21Cl2NO2.2C17H17Cl2NO2.C16H14Cl2FNO2/c2*1-13-7-9-18(17(22)11-13)23-20(24)16-12-14(21)8-10-19(16)25-15-5-3-2-4-6-15;2*1-3-8-22-16-7-5-12(18)10-13(16)17(21)20-15-6-4-11(2)9-14(15)19;1-10-2-4-14(13(18)8-10)20-16(21)12-9-11(17)3-5-15(12)22-7-6-19/h2*7-12,15H,2-6H2,1H3,(H,23,24);2*4-7,9-10H,3,8H2,1-2H3,(H,20,21);2-5,8-9H,6-7H2,1H3,(H,20,21). The summed E-state index contributed by atoms with van der Waals surface area (Å²) in [6.07, 6.45) is 13.3. The van der Waals surface area contributed by atoms with Gasteiger partial charge in [0.2, 0.25) is 0 Å². The molecule has 0 aliphatic heterocycles. The third-order valence-corrected chi connectivity index (χ3v) is 20.5. The van der Waals surface area contributed by atoms with Crippen molar-refractivity contribution in [1.82, 2.24) is 0 Å². The normalized spacial score (nSPS) is 12.4. The maximum atomic E-state index is 12.8. The molecule has 0 atom stereocenters. The van der Waals surface area contributed by atoms with E-state index in [-0.39, 0.29) is 53.8 Å². The van der Waals surface area contributed by atoms with E-state index >= 15 is 0 Å². The number of alkyl halides is 1. The topological polar surface area (TPSA) is 192 Å². The summed E-state index contributed by atoms with van der Waals surface area (Å²) < 4.78 is 40.9. The summed E-state index contributed by atoms with van der Waals surface area (Å²) >= 11 is 60.9. The van der Waals surface area contributed by atoms with Gasteiger partial charge in [0.15, 0.2) is 0 Å². The lowest BCUT2D eigenvalue weighted by Gasteiger charge is -2.24. The summed E-state index contributed by atoms with van der Waals surface area (Å²) in [6, 6.07) is 52.0. The molecule has 2 fully saturated rings. The maximum absolute atomic E-state index is 12.8. The third kappa shape index (κ3) is 29.5. The first-order chi connectivity index (χ1) is 55.6. The first-order valence-corrected chi connectivity index (χ1v) is 41.5. The highest BCUT2D eigenvalue weighted by atomic mass is 35.5. The zero-order chi connectivity index (χ0) is 84.0. The second-order valence-corrected chi connectivity index (χ2v) is 31.6. The Morgan fingerprint density at radius 3 is 0.733 bits per heavy atom. The molecular weight excluding hydrogens is 1680 g/mol. The molecule has 26 heteroatoms. The summed E-state index contributed by atoms with van der Waals surface area (Å²) in [7, 11) is 0. The first-order valence-electron chi connectivity index (χ1n) is 37.7. The lowest BCUT2D eigenvalue weighted by Crippen LogP contribution is -2.22. The van der Waals surface area contributed by atoms with Gasteiger partial charge < -0.3 is 50.3 Å². The molecule has 0 aromatic heterocycles. The van der Waals surface area contributed by atoms with E-state index in [2.05, 4.69) is 26.6 Å². The van der Waals surface area contributed by atoms with E-state index in [0.29, 0.717) is 137 Å². The summed E-state index contributed by atoms with van der Waals surface area (Å²) in [5.74, 6) is 0.815. The van der Waals surface area contributed by atoms with E-state index in [1.165, 1.54) is 50.7 Å². The fourth-order valence-electron chi connectivity index (χ4n) is 11.8. The zero-order valence-electron chi connectivity index (χ0n) is 65.0. The van der Waals surface area contributed by atoms with E-state index < -0.39 is 12.6 Å². The van der Waals surface area contributed by atoms with Gasteiger partial charge in [0, 0.05) is 25.1 Å². The number of amides is 5. The molecule has 0 spiro atoms. The summed E-state index contributed by atoms with van der Waals surface area (Å²) in [5, 5.41) is 18.7. The van der Waals surface area contributed by atoms with Crippen LogP contribution in [-0.4, -0.2) is 68.2 Å². The molecule has 116 heavy (non-hydrogen) atoms. The van der Waals surface area contributed by atoms with Gasteiger partial charge in [-0.1, -0.05) is 173 Å². The molecule has 612 valence electrons. The van der Waals surface area contributed by atoms with E-state index in [4.69, 9.17) is 140 Å². The molecule has 2 saturated carbocycles. The third-order valence-electron chi connectivity index (χ3n) is 17.7. The Kier molecular flexibility index (Phi) is 37.7. The van der Waals surface area contributed by atoms with Crippen molar-refractivity contribution in [3.05, 3.63) is 288 Å². The van der Waals surface area contributed by atoms with Crippen LogP contribution in [0, 0.1) is 34.6 Å². The Morgan fingerprint density at radius 2 is 0.517 bits per heavy atom. The van der Waals surface area contributed by atoms with Crippen LogP contribution >= 0.6 is 116 Å². The van der Waals surface area contributed by atoms with Crippen LogP contribution < -0.4 is 50.3 Å². The number of ether oxygens (including phenoxy) is 5. The molecule has 15 nitrogen and oxygen atoms in total. The van der Waals surface area contributed by atoms with E-state index in [1.54, 1.807) is 127 Å². The molecule has 5 amide bonds. The van der Waals surface area contributed by atoms with Crippen LogP contribution in [-0.2, 0) is 0 Å². The van der Waals surface area contributed by atoms with Crippen molar-refractivity contribution in [2.45, 2.75) is 138 Å². The van der Waals surface area contributed by atoms with Gasteiger partial charge in [-0.25, -0.2) is 4.39 Å². The Labute approximate surface area is 727 Å². The molecule has 10 aromatic rings. The average molecular weight is 1780 g/mol. The minimum atomic E-state index is -0.645. The van der Waals surface area contributed by atoms with Crippen LogP contribution in [0.4, 0.5) is 32.8 Å². The van der Waals surface area contributed by atoms with Crippen LogP contribution in [0.3, 0.4) is 0 Å². The van der Waals surface area contributed by atoms with Crippen LogP contribution in [0.5, 0.6) is 28.7 Å². The van der Waals surface area contributed by atoms with Crippen molar-refractivity contribution >= 4 is 174 Å². The lowest BCUT2D eigenvalue weighted by atomic mass is 9.97. The second kappa shape index (κ2) is 47.1. The second-order valence-electron chi connectivity index (χ2n) is 27.4. The van der Waals surface area contributed by atoms with Crippen LogP contribution in [0.25, 0.3) is 0 Å². The number of halogens is 11. The van der Waals surface area contributed by atoms with Crippen molar-refractivity contribution in [3.63, 3.8) is 0 Å². The van der Waals surface area contributed by atoms with Crippen molar-refractivity contribution in [2.24, 2.45) is 0 Å². The minimum absolute atomic E-state index is 0.132. The van der Waals surface area contributed by atoms with Crippen molar-refractivity contribution in [3.8, 4) is 28.7 Å². The Hall–Kier alpha value is -8.62.